The summed E-state index contributed by atoms with van der Waals surface area (Å²) in [6.07, 6.45) is 1.75. The summed E-state index contributed by atoms with van der Waals surface area (Å²) in [5.41, 5.74) is 10.9. The van der Waals surface area contributed by atoms with Crippen molar-refractivity contribution in [2.45, 2.75) is 57.3 Å². The molecular weight excluding hydrogens is 446 g/mol. The fourth-order valence-corrected chi connectivity index (χ4v) is 3.09. The number of thiol groups is 1. The highest BCUT2D eigenvalue weighted by Crippen LogP contribution is 2.05. The number of amides is 4. The first-order chi connectivity index (χ1) is 14.4. The van der Waals surface area contributed by atoms with E-state index < -0.39 is 53.8 Å². The Bertz CT molecular complexity index is 649. The molecule has 178 valence electrons. The smallest absolute Gasteiger partial charge is 0.326 e. The average Bonchev–Trinajstić information content (AvgIpc) is 2.70. The van der Waals surface area contributed by atoms with Crippen LogP contribution in [0.25, 0.3) is 0 Å². The van der Waals surface area contributed by atoms with Crippen LogP contribution >= 0.6 is 24.4 Å². The van der Waals surface area contributed by atoms with E-state index in [1.165, 1.54) is 11.8 Å². The number of carbonyl (C=O) groups is 5. The summed E-state index contributed by atoms with van der Waals surface area (Å²) in [7, 11) is 0. The normalized spacial score (nSPS) is 14.8. The van der Waals surface area contributed by atoms with Crippen LogP contribution in [0.2, 0.25) is 0 Å². The minimum absolute atomic E-state index is 0.0931. The van der Waals surface area contributed by atoms with E-state index in [2.05, 4.69) is 28.6 Å². The molecule has 0 bridgehead atoms. The minimum atomic E-state index is -1.19. The summed E-state index contributed by atoms with van der Waals surface area (Å²) in [5, 5.41) is 16.5. The number of carboxylic acids is 1. The average molecular weight is 480 g/mol. The molecule has 8 N–H and O–H groups in total. The van der Waals surface area contributed by atoms with Crippen LogP contribution in [0, 0.1) is 5.92 Å². The van der Waals surface area contributed by atoms with Gasteiger partial charge in [0.15, 0.2) is 0 Å². The third-order valence-corrected chi connectivity index (χ3v) is 5.38. The highest BCUT2D eigenvalue weighted by molar-refractivity contribution is 7.98. The predicted molar refractivity (Wildman–Crippen MR) is 122 cm³/mol. The van der Waals surface area contributed by atoms with Crippen LogP contribution in [-0.4, -0.2) is 76.6 Å². The Morgan fingerprint density at radius 2 is 1.45 bits per heavy atom. The maximum Gasteiger partial charge on any atom is 0.326 e. The first kappa shape index (κ1) is 29.0. The van der Waals surface area contributed by atoms with Gasteiger partial charge in [-0.3, -0.25) is 19.2 Å². The summed E-state index contributed by atoms with van der Waals surface area (Å²) >= 11 is 5.48. The van der Waals surface area contributed by atoms with Crippen molar-refractivity contribution >= 4 is 54.0 Å². The van der Waals surface area contributed by atoms with Crippen molar-refractivity contribution in [3.63, 3.8) is 0 Å². The van der Waals surface area contributed by atoms with E-state index in [9.17, 15) is 29.1 Å². The molecule has 0 heterocycles. The Hall–Kier alpha value is -1.99. The van der Waals surface area contributed by atoms with Crippen molar-refractivity contribution in [2.24, 2.45) is 17.4 Å². The topological polar surface area (TPSA) is 194 Å². The molecule has 0 aliphatic carbocycles. The number of nitrogens with two attached hydrogens (primary N) is 2. The summed E-state index contributed by atoms with van der Waals surface area (Å²) in [5.74, 6) is -3.70. The van der Waals surface area contributed by atoms with Crippen molar-refractivity contribution in [1.82, 2.24) is 16.0 Å². The molecule has 0 aromatic rings. The third-order valence-electron chi connectivity index (χ3n) is 4.37. The van der Waals surface area contributed by atoms with Gasteiger partial charge in [-0.2, -0.15) is 24.4 Å². The SMILES string of the molecule is CSCC[C@H](NC(=O)[C@H](CS)NC(=O)[C@H](CCC(N)=O)NC(=O)[C@@H](N)C(C)C)C(=O)O. The van der Waals surface area contributed by atoms with E-state index in [-0.39, 0.29) is 30.9 Å². The lowest BCUT2D eigenvalue weighted by Gasteiger charge is -2.25. The van der Waals surface area contributed by atoms with Gasteiger partial charge in [0.1, 0.15) is 18.1 Å². The maximum atomic E-state index is 12.7. The van der Waals surface area contributed by atoms with Crippen LogP contribution in [0.5, 0.6) is 0 Å². The highest BCUT2D eigenvalue weighted by atomic mass is 32.2. The van der Waals surface area contributed by atoms with E-state index in [0.29, 0.717) is 5.75 Å². The second-order valence-corrected chi connectivity index (χ2v) is 8.61. The van der Waals surface area contributed by atoms with Gasteiger partial charge in [-0.15, -0.1) is 0 Å². The van der Waals surface area contributed by atoms with Crippen LogP contribution in [0.4, 0.5) is 0 Å². The number of thioether (sulfide) groups is 1. The molecule has 0 aromatic heterocycles. The first-order valence-electron chi connectivity index (χ1n) is 9.72. The van der Waals surface area contributed by atoms with Gasteiger partial charge in [0.25, 0.3) is 0 Å². The van der Waals surface area contributed by atoms with Crippen molar-refractivity contribution in [2.75, 3.05) is 17.8 Å². The molecule has 31 heavy (non-hydrogen) atoms. The number of primary amides is 1. The number of rotatable bonds is 15. The lowest BCUT2D eigenvalue weighted by atomic mass is 10.0. The molecule has 13 heteroatoms. The highest BCUT2D eigenvalue weighted by Gasteiger charge is 2.30. The molecule has 4 atom stereocenters. The zero-order chi connectivity index (χ0) is 24.1. The Balaban J connectivity index is 5.26. The van der Waals surface area contributed by atoms with E-state index >= 15 is 0 Å². The zero-order valence-corrected chi connectivity index (χ0v) is 19.6. The molecule has 0 aliphatic rings. The van der Waals surface area contributed by atoms with Crippen molar-refractivity contribution < 1.29 is 29.1 Å². The molecule has 0 spiro atoms. The van der Waals surface area contributed by atoms with E-state index in [1.807, 2.05) is 6.26 Å². The summed E-state index contributed by atoms with van der Waals surface area (Å²) in [6, 6.07) is -4.31. The van der Waals surface area contributed by atoms with Crippen LogP contribution in [0.3, 0.4) is 0 Å². The predicted octanol–water partition coefficient (Wildman–Crippen LogP) is -1.54. The van der Waals surface area contributed by atoms with Crippen LogP contribution in [0.1, 0.15) is 33.1 Å². The Morgan fingerprint density at radius 1 is 0.935 bits per heavy atom. The van der Waals surface area contributed by atoms with Crippen LogP contribution in [0.15, 0.2) is 0 Å². The second kappa shape index (κ2) is 14.9. The molecular formula is C18H33N5O6S2. The number of hydrogen-bond donors (Lipinski definition) is 7. The lowest BCUT2D eigenvalue weighted by molar-refractivity contribution is -0.142. The number of aliphatic carboxylic acids is 1. The molecule has 0 fully saturated rings. The fourth-order valence-electron chi connectivity index (χ4n) is 2.36. The van der Waals surface area contributed by atoms with Gasteiger partial charge in [0.2, 0.25) is 23.6 Å². The first-order valence-corrected chi connectivity index (χ1v) is 11.7. The van der Waals surface area contributed by atoms with Gasteiger partial charge in [-0.25, -0.2) is 4.79 Å². The second-order valence-electron chi connectivity index (χ2n) is 7.26. The number of carboxylic acid groups (broad SMARTS) is 1. The van der Waals surface area contributed by atoms with Crippen LogP contribution < -0.4 is 27.4 Å². The Labute approximate surface area is 191 Å². The van der Waals surface area contributed by atoms with E-state index in [0.717, 1.165) is 0 Å². The van der Waals surface area contributed by atoms with Gasteiger partial charge in [-0.1, -0.05) is 13.8 Å². The molecule has 0 rings (SSSR count). The van der Waals surface area contributed by atoms with E-state index in [4.69, 9.17) is 11.5 Å². The monoisotopic (exact) mass is 479 g/mol. The zero-order valence-electron chi connectivity index (χ0n) is 17.9. The van der Waals surface area contributed by atoms with Gasteiger partial charge in [0.05, 0.1) is 6.04 Å². The molecule has 0 unspecified atom stereocenters. The van der Waals surface area contributed by atoms with Gasteiger partial charge in [0, 0.05) is 12.2 Å². The van der Waals surface area contributed by atoms with E-state index in [1.54, 1.807) is 13.8 Å². The Kier molecular flexibility index (Phi) is 14.0. The van der Waals surface area contributed by atoms with Crippen molar-refractivity contribution in [1.29, 1.82) is 0 Å². The van der Waals surface area contributed by atoms with Gasteiger partial charge >= 0.3 is 5.97 Å². The molecule has 0 saturated carbocycles. The molecule has 11 nitrogen and oxygen atoms in total. The molecule has 0 saturated heterocycles. The molecule has 0 aliphatic heterocycles. The maximum absolute atomic E-state index is 12.7. The quantitative estimate of drug-likeness (QED) is 0.137. The molecule has 4 amide bonds. The van der Waals surface area contributed by atoms with Crippen LogP contribution in [-0.2, 0) is 24.0 Å². The minimum Gasteiger partial charge on any atom is -0.480 e. The van der Waals surface area contributed by atoms with Crippen molar-refractivity contribution in [3.05, 3.63) is 0 Å². The number of carbonyl (C=O) groups excluding carboxylic acids is 4. The van der Waals surface area contributed by atoms with Crippen molar-refractivity contribution in [3.8, 4) is 0 Å². The molecule has 0 aromatic carbocycles. The van der Waals surface area contributed by atoms with Gasteiger partial charge in [-0.05, 0) is 30.8 Å². The largest absolute Gasteiger partial charge is 0.480 e. The summed E-state index contributed by atoms with van der Waals surface area (Å²) in [4.78, 5) is 59.9. The van der Waals surface area contributed by atoms with Gasteiger partial charge < -0.3 is 32.5 Å². The summed E-state index contributed by atoms with van der Waals surface area (Å²) < 4.78 is 0. The number of hydrogen-bond acceptors (Lipinski definition) is 8. The fraction of sp³-hybridized carbons (Fsp3) is 0.722. The number of nitrogens with one attached hydrogen (secondary N) is 3. The standard InChI is InChI=1S/C18H33N5O6S2/c1-9(2)14(20)17(27)21-10(4-5-13(19)24)15(25)23-12(8-30)16(26)22-11(18(28)29)6-7-31-3/h9-12,14,30H,4-8,20H2,1-3H3,(H2,19,24)(H,21,27)(H,22,26)(H,23,25)(H,28,29)/t10-,11-,12-,14-/m0/s1. The Morgan fingerprint density at radius 3 is 1.90 bits per heavy atom. The summed E-state index contributed by atoms with van der Waals surface area (Å²) in [6.45, 7) is 3.47. The lowest BCUT2D eigenvalue weighted by Crippen LogP contribution is -2.58. The third kappa shape index (κ3) is 11.3. The molecule has 0 radical (unpaired) electrons.